The van der Waals surface area contributed by atoms with Crippen LogP contribution >= 0.6 is 0 Å². The van der Waals surface area contributed by atoms with Crippen LogP contribution in [0.1, 0.15) is 73.1 Å². The number of carbonyl (C=O) groups is 1. The molecule has 0 bridgehead atoms. The van der Waals surface area contributed by atoms with E-state index in [1.807, 2.05) is 0 Å². The summed E-state index contributed by atoms with van der Waals surface area (Å²) in [6.45, 7) is 9.68. The number of aliphatic hydroxyl groups excluding tert-OH is 1. The van der Waals surface area contributed by atoms with Gasteiger partial charge in [0.25, 0.3) is 0 Å². The number of hydrogen-bond acceptors (Lipinski definition) is 5. The molecule has 1 spiro atoms. The minimum Gasteiger partial charge on any atom is -0.498 e. The van der Waals surface area contributed by atoms with Crippen LogP contribution in [0.15, 0.2) is 23.5 Å². The van der Waals surface area contributed by atoms with Crippen LogP contribution in [-0.4, -0.2) is 52.7 Å². The number of hydrogen-bond donors (Lipinski definition) is 2. The van der Waals surface area contributed by atoms with Crippen LogP contribution in [0.3, 0.4) is 0 Å². The second-order valence-electron chi connectivity index (χ2n) is 11.9. The Bertz CT molecular complexity index is 830. The van der Waals surface area contributed by atoms with Gasteiger partial charge in [-0.05, 0) is 70.1 Å². The van der Waals surface area contributed by atoms with Crippen molar-refractivity contribution in [3.05, 3.63) is 23.5 Å². The van der Waals surface area contributed by atoms with Crippen molar-refractivity contribution < 1.29 is 28.9 Å². The zero-order valence-electron chi connectivity index (χ0n) is 20.8. The Morgan fingerprint density at radius 2 is 2.00 bits per heavy atom. The molecule has 0 aromatic carbocycles. The van der Waals surface area contributed by atoms with Crippen LogP contribution < -0.4 is 0 Å². The summed E-state index contributed by atoms with van der Waals surface area (Å²) in [5.74, 6) is -0.545. The molecule has 0 amide bonds. The van der Waals surface area contributed by atoms with Crippen LogP contribution in [0.2, 0.25) is 0 Å². The maximum atomic E-state index is 13.0. The standard InChI is InChI=1S/C27H41FO5/c1-16(2)10-18-11-17(3)27(33-18)7-6-25(4)13-20-24(22(30)14-26(20,5)31)19(15-32-9-8-28)21(29)12-23(25)27/h10,15,17-18,20-21,23-24,29,31H,6-9,11-14H2,1-5H3/b19-15+/t17-,18-,20-,21+,23+,24+,25+,26+,27-/m0/s1. The predicted molar refractivity (Wildman–Crippen MR) is 124 cm³/mol. The van der Waals surface area contributed by atoms with E-state index in [0.717, 1.165) is 19.3 Å². The topological polar surface area (TPSA) is 76.0 Å². The molecule has 6 heteroatoms. The average molecular weight is 465 g/mol. The highest BCUT2D eigenvalue weighted by molar-refractivity contribution is 5.88. The van der Waals surface area contributed by atoms with Gasteiger partial charge in [0.2, 0.25) is 0 Å². The van der Waals surface area contributed by atoms with Crippen LogP contribution in [0.25, 0.3) is 0 Å². The Balaban J connectivity index is 1.74. The van der Waals surface area contributed by atoms with Gasteiger partial charge in [0.05, 0.1) is 35.6 Å². The highest BCUT2D eigenvalue weighted by atomic mass is 19.1. The lowest BCUT2D eigenvalue weighted by Gasteiger charge is -2.47. The maximum absolute atomic E-state index is 13.0. The van der Waals surface area contributed by atoms with Gasteiger partial charge in [-0.1, -0.05) is 25.5 Å². The zero-order valence-corrected chi connectivity index (χ0v) is 20.8. The number of ketones is 1. The number of fused-ring (bicyclic) bond motifs is 3. The van der Waals surface area contributed by atoms with Gasteiger partial charge < -0.3 is 19.7 Å². The molecule has 3 saturated carbocycles. The summed E-state index contributed by atoms with van der Waals surface area (Å²) in [7, 11) is 0. The van der Waals surface area contributed by atoms with Gasteiger partial charge in [0.15, 0.2) is 0 Å². The third-order valence-electron chi connectivity index (χ3n) is 9.21. The van der Waals surface area contributed by atoms with Crippen LogP contribution in [0, 0.1) is 29.1 Å². The number of ether oxygens (including phenoxy) is 2. The molecule has 4 rings (SSSR count). The third-order valence-corrected chi connectivity index (χ3v) is 9.21. The molecule has 4 fully saturated rings. The quantitative estimate of drug-likeness (QED) is 0.364. The smallest absolute Gasteiger partial charge is 0.143 e. The van der Waals surface area contributed by atoms with Crippen molar-refractivity contribution >= 4 is 5.78 Å². The van der Waals surface area contributed by atoms with Crippen LogP contribution in [-0.2, 0) is 14.3 Å². The second-order valence-corrected chi connectivity index (χ2v) is 11.9. The van der Waals surface area contributed by atoms with E-state index in [-0.39, 0.29) is 47.8 Å². The monoisotopic (exact) mass is 464 g/mol. The van der Waals surface area contributed by atoms with Crippen molar-refractivity contribution in [3.63, 3.8) is 0 Å². The van der Waals surface area contributed by atoms with Crippen molar-refractivity contribution in [1.29, 1.82) is 0 Å². The van der Waals surface area contributed by atoms with E-state index in [0.29, 0.717) is 24.3 Å². The van der Waals surface area contributed by atoms with E-state index in [1.165, 1.54) is 11.8 Å². The summed E-state index contributed by atoms with van der Waals surface area (Å²) in [5, 5.41) is 22.7. The Labute approximate surface area is 197 Å². The van der Waals surface area contributed by atoms with Gasteiger partial charge in [-0.3, -0.25) is 4.79 Å². The number of rotatable bonds is 4. The van der Waals surface area contributed by atoms with E-state index in [2.05, 4.69) is 33.8 Å². The molecule has 3 aliphatic carbocycles. The lowest BCUT2D eigenvalue weighted by molar-refractivity contribution is -0.122. The van der Waals surface area contributed by atoms with Gasteiger partial charge >= 0.3 is 0 Å². The lowest BCUT2D eigenvalue weighted by atomic mass is 9.60. The Morgan fingerprint density at radius 1 is 1.27 bits per heavy atom. The molecule has 5 nitrogen and oxygen atoms in total. The van der Waals surface area contributed by atoms with Crippen LogP contribution in [0.5, 0.6) is 0 Å². The van der Waals surface area contributed by atoms with Gasteiger partial charge in [0.1, 0.15) is 19.1 Å². The van der Waals surface area contributed by atoms with Crippen molar-refractivity contribution in [1.82, 2.24) is 0 Å². The molecule has 4 aliphatic rings. The number of carbonyl (C=O) groups excluding carboxylic acids is 1. The number of aliphatic hydroxyl groups is 2. The van der Waals surface area contributed by atoms with Crippen molar-refractivity contribution in [3.8, 4) is 0 Å². The summed E-state index contributed by atoms with van der Waals surface area (Å²) in [6.07, 6.45) is 6.83. The summed E-state index contributed by atoms with van der Waals surface area (Å²) < 4.78 is 24.9. The maximum Gasteiger partial charge on any atom is 0.143 e. The lowest BCUT2D eigenvalue weighted by Crippen LogP contribution is -2.49. The molecular weight excluding hydrogens is 423 g/mol. The van der Waals surface area contributed by atoms with E-state index < -0.39 is 24.3 Å². The van der Waals surface area contributed by atoms with Gasteiger partial charge in [-0.25, -0.2) is 4.39 Å². The van der Waals surface area contributed by atoms with Crippen molar-refractivity contribution in [2.24, 2.45) is 29.1 Å². The summed E-state index contributed by atoms with van der Waals surface area (Å²) in [6, 6.07) is 0. The normalized spacial score (nSPS) is 48.5. The molecule has 1 saturated heterocycles. The minimum absolute atomic E-state index is 0.0664. The molecular formula is C27H41FO5. The molecule has 0 unspecified atom stereocenters. The SMILES string of the molecule is CC(C)=C[C@H]1C[C@H](C)[C@]2(CC[C@]3(C)C[C@H]4[C@H](C(=O)C[C@@]4(C)O)/C(=C/OCCF)[C@H](O)C[C@H]32)O1. The molecule has 2 N–H and O–H groups in total. The van der Waals surface area contributed by atoms with Gasteiger partial charge in [-0.2, -0.15) is 0 Å². The van der Waals surface area contributed by atoms with Crippen molar-refractivity contribution in [2.75, 3.05) is 13.3 Å². The predicted octanol–water partition coefficient (Wildman–Crippen LogP) is 4.51. The molecule has 1 heterocycles. The van der Waals surface area contributed by atoms with E-state index in [4.69, 9.17) is 9.47 Å². The zero-order chi connectivity index (χ0) is 24.2. The number of Topliss-reactive ketones (excluding diaryl/α,β-unsaturated/α-hetero) is 1. The second kappa shape index (κ2) is 8.76. The molecule has 9 atom stereocenters. The van der Waals surface area contributed by atoms with E-state index in [9.17, 15) is 19.4 Å². The van der Waals surface area contributed by atoms with Gasteiger partial charge in [0, 0.05) is 17.9 Å². The highest BCUT2D eigenvalue weighted by Gasteiger charge is 2.65. The third kappa shape index (κ3) is 4.21. The first-order valence-corrected chi connectivity index (χ1v) is 12.6. The fraction of sp³-hybridized carbons (Fsp3) is 0.815. The Morgan fingerprint density at radius 3 is 2.67 bits per heavy atom. The Hall–Kier alpha value is -1.24. The molecule has 0 radical (unpaired) electrons. The summed E-state index contributed by atoms with van der Waals surface area (Å²) in [5.41, 5.74) is 0.0954. The Kier molecular flexibility index (Phi) is 6.60. The fourth-order valence-electron chi connectivity index (χ4n) is 7.70. The van der Waals surface area contributed by atoms with E-state index in [1.54, 1.807) is 6.92 Å². The molecule has 33 heavy (non-hydrogen) atoms. The largest absolute Gasteiger partial charge is 0.498 e. The minimum atomic E-state index is -1.14. The first kappa shape index (κ1) is 24.9. The molecule has 1 aliphatic heterocycles. The van der Waals surface area contributed by atoms with Crippen molar-refractivity contribution in [2.45, 2.75) is 96.6 Å². The summed E-state index contributed by atoms with van der Waals surface area (Å²) in [4.78, 5) is 13.0. The fourth-order valence-corrected chi connectivity index (χ4v) is 7.70. The highest BCUT2D eigenvalue weighted by Crippen LogP contribution is 2.64. The molecule has 0 aromatic rings. The molecule has 186 valence electrons. The molecule has 0 aromatic heterocycles. The van der Waals surface area contributed by atoms with Gasteiger partial charge in [-0.15, -0.1) is 0 Å². The summed E-state index contributed by atoms with van der Waals surface area (Å²) >= 11 is 0. The number of allylic oxidation sites excluding steroid dienone is 1. The van der Waals surface area contributed by atoms with Crippen LogP contribution in [0.4, 0.5) is 4.39 Å². The first-order chi connectivity index (χ1) is 15.4. The first-order valence-electron chi connectivity index (χ1n) is 12.6. The average Bonchev–Trinajstić information content (AvgIpc) is 3.23. The number of alkyl halides is 1. The van der Waals surface area contributed by atoms with E-state index >= 15 is 0 Å². The number of halogens is 1.